The lowest BCUT2D eigenvalue weighted by molar-refractivity contribution is -0.0432. The smallest absolute Gasteiger partial charge is 0.323 e. The number of terminal acetylenes is 1. The van der Waals surface area contributed by atoms with Crippen molar-refractivity contribution >= 4 is 6.03 Å². The molecule has 1 unspecified atom stereocenters. The fraction of sp³-hybridized carbons (Fsp3) is 0.500. The molecule has 0 aromatic rings. The summed E-state index contributed by atoms with van der Waals surface area (Å²) in [6.07, 6.45) is 5.02. The number of nitrogens with zero attached hydrogens (tertiary/aromatic N) is 2. The molecule has 54 valence electrons. The van der Waals surface area contributed by atoms with Gasteiger partial charge < -0.3 is 4.90 Å². The predicted molar refractivity (Wildman–Crippen MR) is 34.3 cm³/mol. The Kier molecular flexibility index (Phi) is 1.52. The summed E-state index contributed by atoms with van der Waals surface area (Å²) in [5, 5.41) is 9.50. The Labute approximate surface area is 59.0 Å². The molecule has 0 aromatic carbocycles. The summed E-state index contributed by atoms with van der Waals surface area (Å²) in [5.41, 5.74) is 0. The second-order valence-corrected chi connectivity index (χ2v) is 2.19. The van der Waals surface area contributed by atoms with E-state index in [9.17, 15) is 4.79 Å². The van der Waals surface area contributed by atoms with Crippen LogP contribution in [0.4, 0.5) is 4.79 Å². The molecule has 1 aliphatic heterocycles. The minimum atomic E-state index is -0.488. The highest BCUT2D eigenvalue weighted by molar-refractivity contribution is 5.76. The second kappa shape index (κ2) is 2.20. The Hall–Kier alpha value is -1.21. The third-order valence-corrected chi connectivity index (χ3v) is 1.46. The van der Waals surface area contributed by atoms with E-state index in [4.69, 9.17) is 11.6 Å². The number of hydroxylamine groups is 2. The third-order valence-electron chi connectivity index (χ3n) is 1.46. The van der Waals surface area contributed by atoms with Crippen LogP contribution in [0.15, 0.2) is 0 Å². The van der Waals surface area contributed by atoms with Gasteiger partial charge in [-0.15, -0.1) is 6.42 Å². The molecular weight excluding hydrogens is 132 g/mol. The van der Waals surface area contributed by atoms with Gasteiger partial charge in [0.15, 0.2) is 0 Å². The number of likely N-dealkylation sites (N-methyl/N-ethyl adjacent to an activating group) is 1. The first-order chi connectivity index (χ1) is 4.66. The highest BCUT2D eigenvalue weighted by atomic mass is 16.5. The molecular formula is C6H8N2O2. The fourth-order valence-electron chi connectivity index (χ4n) is 0.846. The van der Waals surface area contributed by atoms with E-state index in [0.717, 1.165) is 0 Å². The van der Waals surface area contributed by atoms with Gasteiger partial charge in [0.2, 0.25) is 0 Å². The predicted octanol–water partition coefficient (Wildman–Crippen LogP) is -0.255. The number of urea groups is 1. The topological polar surface area (TPSA) is 43.8 Å². The minimum absolute atomic E-state index is 0.395. The molecule has 1 N–H and O–H groups in total. The summed E-state index contributed by atoms with van der Waals surface area (Å²) in [7, 11) is 1.59. The SMILES string of the molecule is C#CC1CN(C)C(=O)N1O. The maximum Gasteiger partial charge on any atom is 0.344 e. The highest BCUT2D eigenvalue weighted by Gasteiger charge is 2.32. The number of carbonyl (C=O) groups excluding carboxylic acids is 1. The average molecular weight is 140 g/mol. The Morgan fingerprint density at radius 3 is 2.70 bits per heavy atom. The van der Waals surface area contributed by atoms with Crippen LogP contribution in [0.3, 0.4) is 0 Å². The van der Waals surface area contributed by atoms with Gasteiger partial charge in [0.05, 0.1) is 6.54 Å². The zero-order valence-electron chi connectivity index (χ0n) is 5.61. The van der Waals surface area contributed by atoms with E-state index in [2.05, 4.69) is 5.92 Å². The molecule has 10 heavy (non-hydrogen) atoms. The van der Waals surface area contributed by atoms with Crippen LogP contribution >= 0.6 is 0 Å². The molecule has 0 saturated carbocycles. The number of rotatable bonds is 0. The Balaban J connectivity index is 2.73. The van der Waals surface area contributed by atoms with Gasteiger partial charge in [-0.1, -0.05) is 5.92 Å². The standard InChI is InChI=1S/C6H8N2O2/c1-3-5-4-7(2)6(9)8(5)10/h1,5,10H,4H2,2H3. The lowest BCUT2D eigenvalue weighted by Gasteiger charge is -2.08. The Morgan fingerprint density at radius 2 is 2.50 bits per heavy atom. The summed E-state index contributed by atoms with van der Waals surface area (Å²) in [6, 6.07) is -0.930. The molecule has 0 bridgehead atoms. The number of carbonyl (C=O) groups is 1. The monoisotopic (exact) mass is 140 g/mol. The molecule has 1 aliphatic rings. The fourth-order valence-corrected chi connectivity index (χ4v) is 0.846. The van der Waals surface area contributed by atoms with Gasteiger partial charge in [-0.3, -0.25) is 5.21 Å². The number of amides is 2. The van der Waals surface area contributed by atoms with Crippen LogP contribution in [-0.2, 0) is 0 Å². The normalized spacial score (nSPS) is 25.3. The first-order valence-electron chi connectivity index (χ1n) is 2.86. The van der Waals surface area contributed by atoms with Crippen molar-refractivity contribution in [2.45, 2.75) is 6.04 Å². The van der Waals surface area contributed by atoms with Crippen molar-refractivity contribution in [2.24, 2.45) is 0 Å². The quantitative estimate of drug-likeness (QED) is 0.372. The molecule has 4 nitrogen and oxygen atoms in total. The number of hydrogen-bond donors (Lipinski definition) is 1. The molecule has 1 heterocycles. The zero-order chi connectivity index (χ0) is 7.72. The largest absolute Gasteiger partial charge is 0.344 e. The van der Waals surface area contributed by atoms with Crippen molar-refractivity contribution in [3.05, 3.63) is 0 Å². The summed E-state index contributed by atoms with van der Waals surface area (Å²) >= 11 is 0. The molecule has 1 rings (SSSR count). The van der Waals surface area contributed by atoms with Crippen LogP contribution in [0.1, 0.15) is 0 Å². The van der Waals surface area contributed by atoms with E-state index >= 15 is 0 Å². The van der Waals surface area contributed by atoms with E-state index in [1.807, 2.05) is 0 Å². The Morgan fingerprint density at radius 1 is 1.90 bits per heavy atom. The van der Waals surface area contributed by atoms with Gasteiger partial charge in [0.25, 0.3) is 0 Å². The van der Waals surface area contributed by atoms with Crippen LogP contribution < -0.4 is 0 Å². The third kappa shape index (κ3) is 0.807. The molecule has 1 atom stereocenters. The van der Waals surface area contributed by atoms with Crippen molar-refractivity contribution in [1.82, 2.24) is 9.96 Å². The van der Waals surface area contributed by atoms with E-state index in [1.54, 1.807) is 7.05 Å². The van der Waals surface area contributed by atoms with Gasteiger partial charge in [-0.05, 0) is 0 Å². The average Bonchev–Trinajstić information content (AvgIpc) is 2.17. The lowest BCUT2D eigenvalue weighted by Crippen LogP contribution is -2.29. The van der Waals surface area contributed by atoms with Gasteiger partial charge in [0.1, 0.15) is 6.04 Å². The first-order valence-corrected chi connectivity index (χ1v) is 2.86. The molecule has 0 aliphatic carbocycles. The second-order valence-electron chi connectivity index (χ2n) is 2.19. The Bertz CT molecular complexity index is 196. The molecule has 4 heteroatoms. The van der Waals surface area contributed by atoms with Crippen molar-refractivity contribution in [2.75, 3.05) is 13.6 Å². The van der Waals surface area contributed by atoms with Crippen molar-refractivity contribution in [1.29, 1.82) is 0 Å². The van der Waals surface area contributed by atoms with Gasteiger partial charge in [-0.25, -0.2) is 4.79 Å². The van der Waals surface area contributed by atoms with Gasteiger partial charge >= 0.3 is 6.03 Å². The zero-order valence-corrected chi connectivity index (χ0v) is 5.61. The van der Waals surface area contributed by atoms with Crippen LogP contribution in [0.25, 0.3) is 0 Å². The van der Waals surface area contributed by atoms with Crippen LogP contribution in [-0.4, -0.2) is 40.8 Å². The van der Waals surface area contributed by atoms with Gasteiger partial charge in [-0.2, -0.15) is 5.06 Å². The summed E-state index contributed by atoms with van der Waals surface area (Å²) in [5.74, 6) is 2.29. The van der Waals surface area contributed by atoms with E-state index in [0.29, 0.717) is 11.6 Å². The molecule has 1 fully saturated rings. The first kappa shape index (κ1) is 6.90. The van der Waals surface area contributed by atoms with Crippen LogP contribution in [0, 0.1) is 12.3 Å². The van der Waals surface area contributed by atoms with E-state index in [-0.39, 0.29) is 0 Å². The summed E-state index contributed by atoms with van der Waals surface area (Å²) in [6.45, 7) is 0.395. The highest BCUT2D eigenvalue weighted by Crippen LogP contribution is 2.09. The molecule has 0 radical (unpaired) electrons. The lowest BCUT2D eigenvalue weighted by atomic mass is 10.3. The van der Waals surface area contributed by atoms with Crippen molar-refractivity contribution in [3.8, 4) is 12.3 Å². The maximum atomic E-state index is 10.8. The molecule has 0 spiro atoms. The van der Waals surface area contributed by atoms with Crippen LogP contribution in [0.2, 0.25) is 0 Å². The van der Waals surface area contributed by atoms with Crippen molar-refractivity contribution < 1.29 is 10.0 Å². The minimum Gasteiger partial charge on any atom is -0.323 e. The van der Waals surface area contributed by atoms with Crippen LogP contribution in [0.5, 0.6) is 0 Å². The summed E-state index contributed by atoms with van der Waals surface area (Å²) < 4.78 is 0. The summed E-state index contributed by atoms with van der Waals surface area (Å²) in [4.78, 5) is 12.1. The van der Waals surface area contributed by atoms with E-state index < -0.39 is 12.1 Å². The molecule has 0 aromatic heterocycles. The van der Waals surface area contributed by atoms with Crippen molar-refractivity contribution in [3.63, 3.8) is 0 Å². The van der Waals surface area contributed by atoms with Gasteiger partial charge in [0, 0.05) is 7.05 Å². The van der Waals surface area contributed by atoms with E-state index in [1.165, 1.54) is 4.90 Å². The molecule has 2 amide bonds. The number of hydrogen-bond acceptors (Lipinski definition) is 2. The maximum absolute atomic E-state index is 10.8. The molecule has 1 saturated heterocycles.